The van der Waals surface area contributed by atoms with Gasteiger partial charge in [0.15, 0.2) is 0 Å². The molecule has 0 aliphatic rings. The number of benzene rings is 3. The molecule has 23 heavy (non-hydrogen) atoms. The van der Waals surface area contributed by atoms with Crippen molar-refractivity contribution >= 4 is 16.3 Å². The molecule has 0 aliphatic heterocycles. The van der Waals surface area contributed by atoms with E-state index in [-0.39, 0.29) is 0 Å². The van der Waals surface area contributed by atoms with Gasteiger partial charge in [-0.25, -0.2) is 0 Å². The average molecular weight is 300 g/mol. The number of hydrogen-bond acceptors (Lipinski definition) is 0. The summed E-state index contributed by atoms with van der Waals surface area (Å²) in [6.07, 6.45) is 5.68. The third-order valence-electron chi connectivity index (χ3n) is 4.60. The van der Waals surface area contributed by atoms with E-state index in [1.54, 1.807) is 0 Å². The van der Waals surface area contributed by atoms with Gasteiger partial charge in [-0.1, -0.05) is 72.8 Å². The molecule has 3 rings (SSSR count). The smallest absolute Gasteiger partial charge is 0.0106 e. The minimum Gasteiger partial charge on any atom is -0.0841 e. The fourth-order valence-electron chi connectivity index (χ4n) is 3.26. The number of allylic oxidation sites excluding steroid dienone is 2. The van der Waals surface area contributed by atoms with Gasteiger partial charge in [0.25, 0.3) is 0 Å². The minimum absolute atomic E-state index is 1.13. The maximum absolute atomic E-state index is 2.32. The first-order chi connectivity index (χ1) is 11.3. The van der Waals surface area contributed by atoms with Gasteiger partial charge in [0.2, 0.25) is 0 Å². The number of aryl methyl sites for hydroxylation is 2. The first-order valence-electron chi connectivity index (χ1n) is 8.47. The highest BCUT2D eigenvalue weighted by Crippen LogP contribution is 2.29. The Morgan fingerprint density at radius 3 is 2.35 bits per heavy atom. The van der Waals surface area contributed by atoms with Crippen molar-refractivity contribution in [1.29, 1.82) is 0 Å². The van der Waals surface area contributed by atoms with E-state index in [1.165, 1.54) is 39.5 Å². The van der Waals surface area contributed by atoms with Crippen LogP contribution in [0.2, 0.25) is 0 Å². The van der Waals surface area contributed by atoms with Crippen molar-refractivity contribution in [2.45, 2.75) is 33.1 Å². The standard InChI is InChI=1S/C23H24/c1-3-18(2)23-21(14-9-12-19-10-5-4-6-11-19)17-16-20-13-7-8-15-22(20)23/h3-8,10-11,13,15-17H,9,12,14H2,1-2H3. The average Bonchev–Trinajstić information content (AvgIpc) is 2.61. The molecule has 0 unspecified atom stereocenters. The zero-order valence-corrected chi connectivity index (χ0v) is 14.0. The highest BCUT2D eigenvalue weighted by atomic mass is 14.1. The van der Waals surface area contributed by atoms with Crippen LogP contribution in [0.25, 0.3) is 16.3 Å². The third-order valence-corrected chi connectivity index (χ3v) is 4.60. The summed E-state index contributed by atoms with van der Waals surface area (Å²) in [6, 6.07) is 24.1. The molecule has 116 valence electrons. The normalized spacial score (nSPS) is 11.8. The van der Waals surface area contributed by atoms with Crippen LogP contribution < -0.4 is 0 Å². The van der Waals surface area contributed by atoms with Crippen LogP contribution >= 0.6 is 0 Å². The van der Waals surface area contributed by atoms with Crippen LogP contribution in [0.3, 0.4) is 0 Å². The first kappa shape index (κ1) is 15.6. The first-order valence-corrected chi connectivity index (χ1v) is 8.47. The predicted molar refractivity (Wildman–Crippen MR) is 102 cm³/mol. The monoisotopic (exact) mass is 300 g/mol. The van der Waals surface area contributed by atoms with Crippen LogP contribution in [-0.2, 0) is 12.8 Å². The van der Waals surface area contributed by atoms with Gasteiger partial charge in [-0.3, -0.25) is 0 Å². The van der Waals surface area contributed by atoms with E-state index in [9.17, 15) is 0 Å². The van der Waals surface area contributed by atoms with Gasteiger partial charge in [0.1, 0.15) is 0 Å². The lowest BCUT2D eigenvalue weighted by Gasteiger charge is -2.14. The van der Waals surface area contributed by atoms with E-state index in [0.29, 0.717) is 0 Å². The molecule has 0 aliphatic carbocycles. The zero-order chi connectivity index (χ0) is 16.1. The molecule has 0 amide bonds. The molecule has 0 N–H and O–H groups in total. The van der Waals surface area contributed by atoms with Crippen LogP contribution in [-0.4, -0.2) is 0 Å². The van der Waals surface area contributed by atoms with Gasteiger partial charge in [0, 0.05) is 0 Å². The molecular formula is C23H24. The Bertz CT molecular complexity index is 810. The van der Waals surface area contributed by atoms with E-state index in [4.69, 9.17) is 0 Å². The van der Waals surface area contributed by atoms with Gasteiger partial charge < -0.3 is 0 Å². The number of rotatable bonds is 5. The molecule has 0 nitrogen and oxygen atoms in total. The van der Waals surface area contributed by atoms with Crippen molar-refractivity contribution in [1.82, 2.24) is 0 Å². The molecule has 0 spiro atoms. The fourth-order valence-corrected chi connectivity index (χ4v) is 3.26. The summed E-state index contributed by atoms with van der Waals surface area (Å²) in [4.78, 5) is 0. The summed E-state index contributed by atoms with van der Waals surface area (Å²) < 4.78 is 0. The summed E-state index contributed by atoms with van der Waals surface area (Å²) in [5, 5.41) is 2.70. The second-order valence-corrected chi connectivity index (χ2v) is 6.13. The third kappa shape index (κ3) is 3.53. The highest BCUT2D eigenvalue weighted by molar-refractivity contribution is 5.94. The molecule has 3 aromatic carbocycles. The van der Waals surface area contributed by atoms with Crippen molar-refractivity contribution in [3.05, 3.63) is 89.5 Å². The molecular weight excluding hydrogens is 276 g/mol. The van der Waals surface area contributed by atoms with Crippen molar-refractivity contribution in [3.63, 3.8) is 0 Å². The summed E-state index contributed by atoms with van der Waals surface area (Å²) in [5.41, 5.74) is 5.70. The van der Waals surface area contributed by atoms with Crippen molar-refractivity contribution in [3.8, 4) is 0 Å². The van der Waals surface area contributed by atoms with Crippen LogP contribution in [0.1, 0.15) is 37.0 Å². The van der Waals surface area contributed by atoms with E-state index in [0.717, 1.165) is 12.8 Å². The van der Waals surface area contributed by atoms with Crippen molar-refractivity contribution in [2.24, 2.45) is 0 Å². The van der Waals surface area contributed by atoms with Gasteiger partial charge >= 0.3 is 0 Å². The van der Waals surface area contributed by atoms with Crippen LogP contribution in [0.15, 0.2) is 72.8 Å². The Morgan fingerprint density at radius 1 is 0.826 bits per heavy atom. The fraction of sp³-hybridized carbons (Fsp3) is 0.217. The van der Waals surface area contributed by atoms with E-state index >= 15 is 0 Å². The molecule has 3 aromatic rings. The Labute approximate surface area is 139 Å². The molecule has 0 atom stereocenters. The van der Waals surface area contributed by atoms with Crippen molar-refractivity contribution < 1.29 is 0 Å². The van der Waals surface area contributed by atoms with Gasteiger partial charge in [0.05, 0.1) is 0 Å². The summed E-state index contributed by atoms with van der Waals surface area (Å²) in [7, 11) is 0. The summed E-state index contributed by atoms with van der Waals surface area (Å²) >= 11 is 0. The molecule has 0 saturated heterocycles. The lowest BCUT2D eigenvalue weighted by atomic mass is 9.91. The maximum atomic E-state index is 2.32. The lowest BCUT2D eigenvalue weighted by Crippen LogP contribution is -1.96. The Morgan fingerprint density at radius 2 is 1.57 bits per heavy atom. The maximum Gasteiger partial charge on any atom is -0.0106 e. The summed E-state index contributed by atoms with van der Waals surface area (Å²) in [6.45, 7) is 4.35. The van der Waals surface area contributed by atoms with E-state index in [2.05, 4.69) is 86.7 Å². The number of hydrogen-bond donors (Lipinski definition) is 0. The summed E-state index contributed by atoms with van der Waals surface area (Å²) in [5.74, 6) is 0. The second kappa shape index (κ2) is 7.28. The van der Waals surface area contributed by atoms with Gasteiger partial charge in [-0.15, -0.1) is 0 Å². The van der Waals surface area contributed by atoms with Gasteiger partial charge in [-0.2, -0.15) is 0 Å². The lowest BCUT2D eigenvalue weighted by molar-refractivity contribution is 0.820. The van der Waals surface area contributed by atoms with Crippen LogP contribution in [0, 0.1) is 0 Å². The largest absolute Gasteiger partial charge is 0.0841 e. The molecule has 0 bridgehead atoms. The van der Waals surface area contributed by atoms with Gasteiger partial charge in [-0.05, 0) is 66.1 Å². The second-order valence-electron chi connectivity index (χ2n) is 6.13. The topological polar surface area (TPSA) is 0 Å². The SMILES string of the molecule is CC=C(C)c1c(CCCc2ccccc2)ccc2ccccc12. The van der Waals surface area contributed by atoms with E-state index in [1.807, 2.05) is 0 Å². The Balaban J connectivity index is 1.88. The van der Waals surface area contributed by atoms with Crippen LogP contribution in [0.5, 0.6) is 0 Å². The number of fused-ring (bicyclic) bond motifs is 1. The zero-order valence-electron chi connectivity index (χ0n) is 14.0. The minimum atomic E-state index is 1.13. The molecule has 0 fully saturated rings. The van der Waals surface area contributed by atoms with E-state index < -0.39 is 0 Å². The Kier molecular flexibility index (Phi) is 4.92. The quantitative estimate of drug-likeness (QED) is 0.508. The molecule has 0 heteroatoms. The Hall–Kier alpha value is -2.34. The molecule has 0 heterocycles. The molecule has 0 saturated carbocycles. The molecule has 0 radical (unpaired) electrons. The van der Waals surface area contributed by atoms with Crippen molar-refractivity contribution in [2.75, 3.05) is 0 Å². The van der Waals surface area contributed by atoms with Crippen LogP contribution in [0.4, 0.5) is 0 Å². The molecule has 0 aromatic heterocycles. The predicted octanol–water partition coefficient (Wildman–Crippen LogP) is 6.44. The highest BCUT2D eigenvalue weighted by Gasteiger charge is 2.09.